The summed E-state index contributed by atoms with van der Waals surface area (Å²) in [7, 11) is 3.57. The van der Waals surface area contributed by atoms with Crippen LogP contribution in [0.15, 0.2) is 60.9 Å². The largest absolute Gasteiger partial charge is 0.497 e. The van der Waals surface area contributed by atoms with Crippen molar-refractivity contribution < 1.29 is 9.53 Å². The highest BCUT2D eigenvalue weighted by atomic mass is 16.5. The smallest absolute Gasteiger partial charge is 0.270 e. The van der Waals surface area contributed by atoms with Crippen LogP contribution >= 0.6 is 0 Å². The number of aryl methyl sites for hydroxylation is 1. The van der Waals surface area contributed by atoms with Crippen LogP contribution in [0.4, 0.5) is 0 Å². The number of fused-ring (bicyclic) bond motifs is 1. The molecule has 4 aromatic rings. The van der Waals surface area contributed by atoms with Gasteiger partial charge < -0.3 is 14.2 Å². The lowest BCUT2D eigenvalue weighted by molar-refractivity contribution is 0.0695. The van der Waals surface area contributed by atoms with Gasteiger partial charge >= 0.3 is 0 Å². The molecule has 1 aromatic carbocycles. The van der Waals surface area contributed by atoms with E-state index in [-0.39, 0.29) is 11.8 Å². The highest BCUT2D eigenvalue weighted by Gasteiger charge is 2.28. The van der Waals surface area contributed by atoms with Crippen LogP contribution in [0.2, 0.25) is 0 Å². The maximum atomic E-state index is 12.9. The standard InChI is InChI=1S/C24H25N5O2/c1-27-12-5-9-21(27)24(30)28-13-4-7-19(15-28)23-25-22-11-10-18(16-29(22)26-23)17-6-3-8-20(14-17)31-2/h3,5-6,8-12,14,16,19H,4,7,13,15H2,1-2H3/t19-/m0/s1. The molecule has 0 radical (unpaired) electrons. The summed E-state index contributed by atoms with van der Waals surface area (Å²) in [6, 6.07) is 15.8. The number of methoxy groups -OCH3 is 1. The van der Waals surface area contributed by atoms with E-state index in [4.69, 9.17) is 14.8 Å². The number of hydrogen-bond donors (Lipinski definition) is 0. The number of piperidine rings is 1. The fraction of sp³-hybridized carbons (Fsp3) is 0.292. The lowest BCUT2D eigenvalue weighted by Gasteiger charge is -2.31. The van der Waals surface area contributed by atoms with E-state index in [1.54, 1.807) is 7.11 Å². The molecule has 1 saturated heterocycles. The third-order valence-corrected chi connectivity index (χ3v) is 5.99. The van der Waals surface area contributed by atoms with Crippen molar-refractivity contribution in [2.75, 3.05) is 20.2 Å². The lowest BCUT2D eigenvalue weighted by Crippen LogP contribution is -2.40. The van der Waals surface area contributed by atoms with Crippen molar-refractivity contribution in [3.8, 4) is 16.9 Å². The van der Waals surface area contributed by atoms with Gasteiger partial charge in [0.05, 0.1) is 7.11 Å². The normalized spacial score (nSPS) is 16.6. The summed E-state index contributed by atoms with van der Waals surface area (Å²) in [5.74, 6) is 1.83. The van der Waals surface area contributed by atoms with Gasteiger partial charge in [0.1, 0.15) is 11.4 Å². The first kappa shape index (κ1) is 19.4. The Bertz CT molecular complexity index is 1240. The number of benzene rings is 1. The van der Waals surface area contributed by atoms with Crippen LogP contribution in [0.25, 0.3) is 16.8 Å². The number of rotatable bonds is 4. The number of hydrogen-bond acceptors (Lipinski definition) is 4. The molecular weight excluding hydrogens is 390 g/mol. The van der Waals surface area contributed by atoms with Crippen LogP contribution in [-0.4, -0.2) is 50.2 Å². The van der Waals surface area contributed by atoms with Gasteiger partial charge in [-0.25, -0.2) is 9.50 Å². The van der Waals surface area contributed by atoms with Gasteiger partial charge in [-0.15, -0.1) is 0 Å². The fourth-order valence-corrected chi connectivity index (χ4v) is 4.26. The van der Waals surface area contributed by atoms with Crippen LogP contribution in [0.1, 0.15) is 35.1 Å². The summed E-state index contributed by atoms with van der Waals surface area (Å²) in [4.78, 5) is 19.6. The summed E-state index contributed by atoms with van der Waals surface area (Å²) in [6.07, 6.45) is 5.83. The summed E-state index contributed by atoms with van der Waals surface area (Å²) >= 11 is 0. The second kappa shape index (κ2) is 7.91. The van der Waals surface area contributed by atoms with E-state index in [2.05, 4.69) is 12.1 Å². The van der Waals surface area contributed by atoms with E-state index < -0.39 is 0 Å². The molecule has 4 heterocycles. The average Bonchev–Trinajstić information content (AvgIpc) is 3.44. The minimum absolute atomic E-state index is 0.0706. The lowest BCUT2D eigenvalue weighted by atomic mass is 9.97. The maximum Gasteiger partial charge on any atom is 0.270 e. The van der Waals surface area contributed by atoms with Crippen LogP contribution < -0.4 is 4.74 Å². The number of carbonyl (C=O) groups excluding carboxylic acids is 1. The molecule has 158 valence electrons. The van der Waals surface area contributed by atoms with Crippen molar-refractivity contribution in [2.24, 2.45) is 7.05 Å². The highest BCUT2D eigenvalue weighted by Crippen LogP contribution is 2.28. The monoisotopic (exact) mass is 415 g/mol. The maximum absolute atomic E-state index is 12.9. The van der Waals surface area contributed by atoms with E-state index >= 15 is 0 Å². The quantitative estimate of drug-likeness (QED) is 0.509. The average molecular weight is 415 g/mol. The van der Waals surface area contributed by atoms with Gasteiger partial charge in [-0.3, -0.25) is 4.79 Å². The molecule has 1 fully saturated rings. The predicted octanol–water partition coefficient (Wildman–Crippen LogP) is 3.76. The van der Waals surface area contributed by atoms with E-state index in [1.807, 2.05) is 69.8 Å². The van der Waals surface area contributed by atoms with Crippen LogP contribution in [-0.2, 0) is 7.05 Å². The minimum Gasteiger partial charge on any atom is -0.497 e. The Labute approximate surface area is 180 Å². The zero-order valence-electron chi connectivity index (χ0n) is 17.7. The fourth-order valence-electron chi connectivity index (χ4n) is 4.26. The Hall–Kier alpha value is -3.61. The zero-order valence-corrected chi connectivity index (χ0v) is 17.7. The Morgan fingerprint density at radius 2 is 2.03 bits per heavy atom. The molecule has 1 aliphatic rings. The molecule has 7 nitrogen and oxygen atoms in total. The molecule has 31 heavy (non-hydrogen) atoms. The van der Waals surface area contributed by atoms with Crippen LogP contribution in [0.3, 0.4) is 0 Å². The third kappa shape index (κ3) is 3.67. The molecule has 0 bridgehead atoms. The predicted molar refractivity (Wildman–Crippen MR) is 118 cm³/mol. The van der Waals surface area contributed by atoms with Gasteiger partial charge in [-0.05, 0) is 54.8 Å². The minimum atomic E-state index is 0.0706. The Kier molecular flexibility index (Phi) is 4.94. The number of likely N-dealkylation sites (tertiary alicyclic amines) is 1. The molecule has 1 aliphatic heterocycles. The van der Waals surface area contributed by atoms with Gasteiger partial charge in [0.2, 0.25) is 0 Å². The number of ether oxygens (including phenoxy) is 1. The van der Waals surface area contributed by atoms with Crippen LogP contribution in [0, 0.1) is 0 Å². The first-order valence-corrected chi connectivity index (χ1v) is 10.5. The van der Waals surface area contributed by atoms with E-state index in [0.717, 1.165) is 47.7 Å². The van der Waals surface area contributed by atoms with Gasteiger partial charge in [-0.1, -0.05) is 12.1 Å². The molecule has 0 spiro atoms. The second-order valence-electron chi connectivity index (χ2n) is 8.02. The van der Waals surface area contributed by atoms with E-state index in [9.17, 15) is 4.79 Å². The van der Waals surface area contributed by atoms with Crippen LogP contribution in [0.5, 0.6) is 5.75 Å². The number of carbonyl (C=O) groups is 1. The third-order valence-electron chi connectivity index (χ3n) is 5.99. The first-order valence-electron chi connectivity index (χ1n) is 10.5. The zero-order chi connectivity index (χ0) is 21.4. The topological polar surface area (TPSA) is 64.7 Å². The molecule has 0 saturated carbocycles. The Balaban J connectivity index is 1.40. The highest BCUT2D eigenvalue weighted by molar-refractivity contribution is 5.92. The molecule has 0 aliphatic carbocycles. The number of nitrogens with zero attached hydrogens (tertiary/aromatic N) is 5. The Morgan fingerprint density at radius 1 is 1.13 bits per heavy atom. The number of pyridine rings is 1. The SMILES string of the molecule is COc1cccc(-c2ccc3nc([C@H]4CCCN(C(=O)c5cccn5C)C4)nn3c2)c1. The molecule has 0 N–H and O–H groups in total. The molecule has 1 atom stereocenters. The van der Waals surface area contributed by atoms with Crippen molar-refractivity contribution in [3.63, 3.8) is 0 Å². The van der Waals surface area contributed by atoms with Crippen molar-refractivity contribution in [3.05, 3.63) is 72.4 Å². The summed E-state index contributed by atoms with van der Waals surface area (Å²) in [6.45, 7) is 1.41. The number of amides is 1. The Morgan fingerprint density at radius 3 is 2.84 bits per heavy atom. The summed E-state index contributed by atoms with van der Waals surface area (Å²) in [5, 5.41) is 4.77. The van der Waals surface area contributed by atoms with Gasteiger partial charge in [-0.2, -0.15) is 5.10 Å². The molecule has 0 unspecified atom stereocenters. The summed E-state index contributed by atoms with van der Waals surface area (Å²) < 4.78 is 9.05. The first-order chi connectivity index (χ1) is 15.1. The molecule has 7 heteroatoms. The summed E-state index contributed by atoms with van der Waals surface area (Å²) in [5.41, 5.74) is 3.64. The molecule has 5 rings (SSSR count). The number of aromatic nitrogens is 4. The van der Waals surface area contributed by atoms with Crippen molar-refractivity contribution in [1.82, 2.24) is 24.1 Å². The molecular formula is C24H25N5O2. The van der Waals surface area contributed by atoms with E-state index in [1.165, 1.54) is 0 Å². The molecule has 1 amide bonds. The van der Waals surface area contributed by atoms with Gasteiger partial charge in [0.15, 0.2) is 11.5 Å². The second-order valence-corrected chi connectivity index (χ2v) is 8.02. The van der Waals surface area contributed by atoms with Crippen molar-refractivity contribution in [2.45, 2.75) is 18.8 Å². The van der Waals surface area contributed by atoms with Crippen molar-refractivity contribution in [1.29, 1.82) is 0 Å². The van der Waals surface area contributed by atoms with E-state index in [0.29, 0.717) is 12.2 Å². The molecule has 3 aromatic heterocycles. The van der Waals surface area contributed by atoms with Crippen molar-refractivity contribution >= 4 is 11.6 Å². The van der Waals surface area contributed by atoms with Gasteiger partial charge in [0, 0.05) is 44.0 Å². The van der Waals surface area contributed by atoms with Gasteiger partial charge in [0.25, 0.3) is 5.91 Å².